The number of hydrogen-bond acceptors (Lipinski definition) is 2. The summed E-state index contributed by atoms with van der Waals surface area (Å²) in [6, 6.07) is 19.5. The van der Waals surface area contributed by atoms with Crippen molar-refractivity contribution in [3.8, 4) is 0 Å². The first-order valence-electron chi connectivity index (χ1n) is 9.78. The van der Waals surface area contributed by atoms with Gasteiger partial charge in [-0.15, -0.1) is 0 Å². The lowest BCUT2D eigenvalue weighted by Gasteiger charge is -2.49. The molecule has 4 nitrogen and oxygen atoms in total. The van der Waals surface area contributed by atoms with Gasteiger partial charge >= 0.3 is 0 Å². The average Bonchev–Trinajstić information content (AvgIpc) is 2.71. The van der Waals surface area contributed by atoms with Gasteiger partial charge in [-0.25, -0.2) is 0 Å². The Hall–Kier alpha value is -3.14. The van der Waals surface area contributed by atoms with Gasteiger partial charge in [-0.05, 0) is 11.1 Å². The van der Waals surface area contributed by atoms with E-state index in [9.17, 15) is 9.59 Å². The largest absolute Gasteiger partial charge is 0.330 e. The molecule has 4 atom stereocenters. The van der Waals surface area contributed by atoms with Crippen LogP contribution in [0, 0.1) is 11.8 Å². The molecule has 2 amide bonds. The van der Waals surface area contributed by atoms with Crippen LogP contribution in [0.5, 0.6) is 0 Å². The maximum atomic E-state index is 13.4. The minimum Gasteiger partial charge on any atom is -0.330 e. The fourth-order valence-corrected chi connectivity index (χ4v) is 4.59. The lowest BCUT2D eigenvalue weighted by Crippen LogP contribution is -2.62. The third-order valence-electron chi connectivity index (χ3n) is 6.01. The van der Waals surface area contributed by atoms with E-state index >= 15 is 0 Å². The highest BCUT2D eigenvalue weighted by Gasteiger charge is 2.49. The molecule has 6 aliphatic rings. The van der Waals surface area contributed by atoms with Crippen LogP contribution in [-0.4, -0.2) is 33.7 Å². The monoisotopic (exact) mass is 370 g/mol. The zero-order valence-corrected chi connectivity index (χ0v) is 15.5. The number of benzene rings is 2. The van der Waals surface area contributed by atoms with E-state index in [-0.39, 0.29) is 35.7 Å². The summed E-state index contributed by atoms with van der Waals surface area (Å²) in [5.41, 5.74) is 2.17. The van der Waals surface area contributed by atoms with Crippen molar-refractivity contribution in [3.63, 3.8) is 0 Å². The molecule has 4 bridgehead atoms. The normalized spacial score (nSPS) is 28.0. The predicted molar refractivity (Wildman–Crippen MR) is 107 cm³/mol. The van der Waals surface area contributed by atoms with Gasteiger partial charge in [0.05, 0.1) is 23.9 Å². The molecule has 0 unspecified atom stereocenters. The lowest BCUT2D eigenvalue weighted by atomic mass is 9.78. The number of carbonyl (C=O) groups excluding carboxylic acids is 2. The van der Waals surface area contributed by atoms with E-state index in [2.05, 4.69) is 12.2 Å². The molecule has 1 fully saturated rings. The second-order valence-corrected chi connectivity index (χ2v) is 7.71. The molecule has 4 heteroatoms. The molecule has 0 radical (unpaired) electrons. The van der Waals surface area contributed by atoms with Crippen molar-refractivity contribution >= 4 is 11.8 Å². The SMILES string of the molecule is O=C1[C@@H]2C=C[C@@H]([C@H]3C=C[C@@H]2N(Cc2ccccc2)C3=O)N1Cc1ccccc1. The van der Waals surface area contributed by atoms with Gasteiger partial charge in [0.25, 0.3) is 0 Å². The van der Waals surface area contributed by atoms with Gasteiger partial charge in [0.1, 0.15) is 0 Å². The van der Waals surface area contributed by atoms with Gasteiger partial charge < -0.3 is 9.80 Å². The highest BCUT2D eigenvalue weighted by Crippen LogP contribution is 2.37. The molecule has 0 saturated carbocycles. The zero-order valence-electron chi connectivity index (χ0n) is 15.5. The van der Waals surface area contributed by atoms with Crippen molar-refractivity contribution < 1.29 is 9.59 Å². The van der Waals surface area contributed by atoms with E-state index in [1.807, 2.05) is 82.6 Å². The summed E-state index contributed by atoms with van der Waals surface area (Å²) in [5.74, 6) is -0.433. The molecule has 5 aliphatic heterocycles. The predicted octanol–water partition coefficient (Wildman–Crippen LogP) is 3.17. The Morgan fingerprint density at radius 1 is 0.571 bits per heavy atom. The fraction of sp³-hybridized carbons (Fsp3) is 0.250. The summed E-state index contributed by atoms with van der Waals surface area (Å²) >= 11 is 0. The molecule has 1 saturated heterocycles. The van der Waals surface area contributed by atoms with Crippen molar-refractivity contribution in [1.82, 2.24) is 9.80 Å². The molecule has 2 aromatic rings. The van der Waals surface area contributed by atoms with Crippen LogP contribution in [0.1, 0.15) is 11.1 Å². The standard InChI is InChI=1S/C24H22N2O2/c27-23-20-11-13-21(25(23)15-17-7-3-1-4-8-17)19-12-14-22(20)26(24(19)28)16-18-9-5-2-6-10-18/h1-14,19-22H,15-16H2/t19-,20-,21+,22+/m1/s1. The Bertz CT molecular complexity index is 872. The summed E-state index contributed by atoms with van der Waals surface area (Å²) in [6.45, 7) is 1.07. The van der Waals surface area contributed by atoms with Gasteiger partial charge in [-0.3, -0.25) is 9.59 Å². The van der Waals surface area contributed by atoms with Gasteiger partial charge in [-0.2, -0.15) is 0 Å². The number of amides is 2. The Labute approximate surface area is 164 Å². The van der Waals surface area contributed by atoms with Crippen LogP contribution < -0.4 is 0 Å². The topological polar surface area (TPSA) is 40.6 Å². The van der Waals surface area contributed by atoms with Crippen LogP contribution >= 0.6 is 0 Å². The first-order valence-corrected chi connectivity index (χ1v) is 9.78. The van der Waals surface area contributed by atoms with Crippen LogP contribution in [0.15, 0.2) is 85.0 Å². The highest BCUT2D eigenvalue weighted by atomic mass is 16.2. The van der Waals surface area contributed by atoms with Crippen molar-refractivity contribution in [2.24, 2.45) is 11.8 Å². The summed E-state index contributed by atoms with van der Waals surface area (Å²) in [5, 5.41) is 0. The summed E-state index contributed by atoms with van der Waals surface area (Å²) < 4.78 is 0. The van der Waals surface area contributed by atoms with E-state index in [1.54, 1.807) is 0 Å². The van der Waals surface area contributed by atoms with E-state index in [1.165, 1.54) is 0 Å². The number of carbonyl (C=O) groups is 2. The molecule has 8 rings (SSSR count). The molecule has 1 aliphatic carbocycles. The highest BCUT2D eigenvalue weighted by molar-refractivity contribution is 5.91. The van der Waals surface area contributed by atoms with Gasteiger partial charge in [0.15, 0.2) is 0 Å². The molecular formula is C24H22N2O2. The van der Waals surface area contributed by atoms with Crippen molar-refractivity contribution in [3.05, 3.63) is 96.1 Å². The minimum absolute atomic E-state index is 0.112. The Balaban J connectivity index is 1.48. The van der Waals surface area contributed by atoms with Gasteiger partial charge in [-0.1, -0.05) is 85.0 Å². The zero-order chi connectivity index (χ0) is 19.1. The number of rotatable bonds is 4. The maximum absolute atomic E-state index is 13.4. The van der Waals surface area contributed by atoms with E-state index in [0.717, 1.165) is 11.1 Å². The van der Waals surface area contributed by atoms with Crippen molar-refractivity contribution in [2.45, 2.75) is 25.2 Å². The van der Waals surface area contributed by atoms with Crippen LogP contribution in [0.2, 0.25) is 0 Å². The molecule has 0 aromatic heterocycles. The third-order valence-corrected chi connectivity index (χ3v) is 6.01. The molecule has 28 heavy (non-hydrogen) atoms. The lowest BCUT2D eigenvalue weighted by molar-refractivity contribution is -0.152. The Kier molecular flexibility index (Phi) is 4.12. The van der Waals surface area contributed by atoms with E-state index in [4.69, 9.17) is 0 Å². The Morgan fingerprint density at radius 2 is 0.964 bits per heavy atom. The van der Waals surface area contributed by atoms with Crippen LogP contribution in [-0.2, 0) is 22.7 Å². The number of nitrogens with zero attached hydrogens (tertiary/aromatic N) is 2. The maximum Gasteiger partial charge on any atom is 0.232 e. The quantitative estimate of drug-likeness (QED) is 0.776. The van der Waals surface area contributed by atoms with Crippen LogP contribution in [0.3, 0.4) is 0 Å². The van der Waals surface area contributed by atoms with Gasteiger partial charge in [0.2, 0.25) is 11.8 Å². The summed E-state index contributed by atoms with van der Waals surface area (Å²) in [6.07, 6.45) is 8.15. The van der Waals surface area contributed by atoms with E-state index < -0.39 is 0 Å². The van der Waals surface area contributed by atoms with Gasteiger partial charge in [0, 0.05) is 13.1 Å². The van der Waals surface area contributed by atoms with Crippen molar-refractivity contribution in [1.29, 1.82) is 0 Å². The Morgan fingerprint density at radius 3 is 1.36 bits per heavy atom. The second kappa shape index (κ2) is 6.79. The van der Waals surface area contributed by atoms with Crippen molar-refractivity contribution in [2.75, 3.05) is 0 Å². The summed E-state index contributed by atoms with van der Waals surface area (Å²) in [7, 11) is 0. The first-order chi connectivity index (χ1) is 13.7. The molecular weight excluding hydrogens is 348 g/mol. The minimum atomic E-state index is -0.329. The molecule has 0 N–H and O–H groups in total. The smallest absolute Gasteiger partial charge is 0.232 e. The second-order valence-electron chi connectivity index (χ2n) is 7.71. The van der Waals surface area contributed by atoms with Crippen LogP contribution in [0.25, 0.3) is 0 Å². The number of hydrogen-bond donors (Lipinski definition) is 0. The molecule has 140 valence electrons. The fourth-order valence-electron chi connectivity index (χ4n) is 4.59. The molecule has 5 heterocycles. The van der Waals surface area contributed by atoms with E-state index in [0.29, 0.717) is 13.1 Å². The average molecular weight is 370 g/mol. The molecule has 2 aromatic carbocycles. The third kappa shape index (κ3) is 2.76. The summed E-state index contributed by atoms with van der Waals surface area (Å²) in [4.78, 5) is 30.5. The van der Waals surface area contributed by atoms with Crippen LogP contribution in [0.4, 0.5) is 0 Å². The molecule has 0 spiro atoms. The first kappa shape index (κ1) is 17.0.